The van der Waals surface area contributed by atoms with Crippen molar-refractivity contribution in [1.29, 1.82) is 0 Å². The van der Waals surface area contributed by atoms with E-state index in [0.717, 1.165) is 16.8 Å². The molecule has 4 rings (SSSR count). The number of anilines is 2. The SMILES string of the molecule is COc1cc(C(=O)N2c3ccccc3Cc3cc(F)ccc32)cc(OC)c1OC. The second-order valence-corrected chi connectivity index (χ2v) is 6.63. The Morgan fingerprint density at radius 3 is 2.17 bits per heavy atom. The highest BCUT2D eigenvalue weighted by Gasteiger charge is 2.30. The summed E-state index contributed by atoms with van der Waals surface area (Å²) >= 11 is 0. The van der Waals surface area contributed by atoms with E-state index in [-0.39, 0.29) is 11.7 Å². The number of rotatable bonds is 4. The van der Waals surface area contributed by atoms with Crippen LogP contribution in [0.3, 0.4) is 0 Å². The number of nitrogens with zero attached hydrogens (tertiary/aromatic N) is 1. The lowest BCUT2D eigenvalue weighted by Gasteiger charge is -2.32. The van der Waals surface area contributed by atoms with Crippen LogP contribution in [-0.4, -0.2) is 27.2 Å². The molecule has 3 aromatic rings. The summed E-state index contributed by atoms with van der Waals surface area (Å²) < 4.78 is 30.0. The molecule has 0 unspecified atom stereocenters. The third-order valence-corrected chi connectivity index (χ3v) is 5.01. The molecule has 6 heteroatoms. The molecular formula is C23H20FNO4. The minimum absolute atomic E-state index is 0.274. The van der Waals surface area contributed by atoms with Crippen LogP contribution >= 0.6 is 0 Å². The normalized spacial score (nSPS) is 12.1. The Kier molecular flexibility index (Phi) is 4.84. The van der Waals surface area contributed by atoms with Crippen LogP contribution in [0.5, 0.6) is 17.2 Å². The predicted octanol–water partition coefficient (Wildman–Crippen LogP) is 4.73. The van der Waals surface area contributed by atoms with Gasteiger partial charge in [-0.05, 0) is 47.5 Å². The van der Waals surface area contributed by atoms with E-state index in [2.05, 4.69) is 0 Å². The molecule has 1 amide bonds. The number of fused-ring (bicyclic) bond motifs is 2. The smallest absolute Gasteiger partial charge is 0.263 e. The molecule has 1 heterocycles. The van der Waals surface area contributed by atoms with Gasteiger partial charge in [0.2, 0.25) is 5.75 Å². The Bertz CT molecular complexity index is 1070. The molecule has 0 fully saturated rings. The predicted molar refractivity (Wildman–Crippen MR) is 108 cm³/mol. The van der Waals surface area contributed by atoms with Crippen LogP contribution in [-0.2, 0) is 6.42 Å². The Balaban J connectivity index is 1.88. The number of carbonyl (C=O) groups is 1. The fourth-order valence-corrected chi connectivity index (χ4v) is 3.68. The zero-order valence-corrected chi connectivity index (χ0v) is 16.4. The molecule has 29 heavy (non-hydrogen) atoms. The first-order valence-electron chi connectivity index (χ1n) is 9.08. The van der Waals surface area contributed by atoms with Crippen LogP contribution in [0.25, 0.3) is 0 Å². The lowest BCUT2D eigenvalue weighted by Crippen LogP contribution is -2.30. The highest BCUT2D eigenvalue weighted by atomic mass is 19.1. The minimum atomic E-state index is -0.330. The van der Waals surface area contributed by atoms with Gasteiger partial charge in [-0.25, -0.2) is 4.39 Å². The first kappa shape index (κ1) is 18.8. The van der Waals surface area contributed by atoms with E-state index < -0.39 is 0 Å². The number of halogens is 1. The number of benzene rings is 3. The molecule has 0 saturated heterocycles. The molecule has 1 aliphatic rings. The van der Waals surface area contributed by atoms with E-state index in [1.165, 1.54) is 33.5 Å². The molecule has 0 saturated carbocycles. The van der Waals surface area contributed by atoms with Crippen LogP contribution in [0.15, 0.2) is 54.6 Å². The molecule has 5 nitrogen and oxygen atoms in total. The summed E-state index contributed by atoms with van der Waals surface area (Å²) in [4.78, 5) is 15.2. The molecule has 0 bridgehead atoms. The summed E-state index contributed by atoms with van der Waals surface area (Å²) in [6.45, 7) is 0. The molecule has 0 aromatic heterocycles. The standard InChI is InChI=1S/C23H20FNO4/c1-27-20-12-16(13-21(28-2)22(20)29-3)23(26)25-18-7-5-4-6-14(18)10-15-11-17(24)8-9-19(15)25/h4-9,11-13H,10H2,1-3H3. The van der Waals surface area contributed by atoms with Crippen molar-refractivity contribution in [2.75, 3.05) is 26.2 Å². The molecule has 3 aromatic carbocycles. The summed E-state index contributed by atoms with van der Waals surface area (Å²) in [6, 6.07) is 15.3. The van der Waals surface area contributed by atoms with Crippen LogP contribution in [0.2, 0.25) is 0 Å². The van der Waals surface area contributed by atoms with Crippen molar-refractivity contribution < 1.29 is 23.4 Å². The van der Waals surface area contributed by atoms with Gasteiger partial charge in [-0.1, -0.05) is 18.2 Å². The lowest BCUT2D eigenvalue weighted by molar-refractivity contribution is 0.0997. The second-order valence-electron chi connectivity index (χ2n) is 6.63. The van der Waals surface area contributed by atoms with Gasteiger partial charge in [0, 0.05) is 12.0 Å². The van der Waals surface area contributed by atoms with E-state index in [0.29, 0.717) is 34.9 Å². The topological polar surface area (TPSA) is 48.0 Å². The Morgan fingerprint density at radius 2 is 1.52 bits per heavy atom. The van der Waals surface area contributed by atoms with Gasteiger partial charge in [-0.2, -0.15) is 0 Å². The number of hydrogen-bond acceptors (Lipinski definition) is 4. The van der Waals surface area contributed by atoms with Crippen molar-refractivity contribution in [1.82, 2.24) is 0 Å². The van der Waals surface area contributed by atoms with E-state index >= 15 is 0 Å². The van der Waals surface area contributed by atoms with E-state index in [4.69, 9.17) is 14.2 Å². The first-order chi connectivity index (χ1) is 14.1. The highest BCUT2D eigenvalue weighted by molar-refractivity contribution is 6.13. The molecular weight excluding hydrogens is 373 g/mol. The first-order valence-corrected chi connectivity index (χ1v) is 9.08. The maximum atomic E-state index is 13.9. The molecule has 0 N–H and O–H groups in total. The van der Waals surface area contributed by atoms with Crippen molar-refractivity contribution >= 4 is 17.3 Å². The Hall–Kier alpha value is -3.54. The summed E-state index contributed by atoms with van der Waals surface area (Å²) in [5.41, 5.74) is 3.50. The maximum absolute atomic E-state index is 13.9. The largest absolute Gasteiger partial charge is 0.493 e. The summed E-state index contributed by atoms with van der Waals surface area (Å²) in [5.74, 6) is 0.584. The van der Waals surface area contributed by atoms with Gasteiger partial charge in [-0.3, -0.25) is 9.69 Å². The van der Waals surface area contributed by atoms with Crippen LogP contribution in [0, 0.1) is 5.82 Å². The van der Waals surface area contributed by atoms with Crippen molar-refractivity contribution in [3.8, 4) is 17.2 Å². The van der Waals surface area contributed by atoms with Crippen molar-refractivity contribution in [2.24, 2.45) is 0 Å². The monoisotopic (exact) mass is 393 g/mol. The average molecular weight is 393 g/mol. The molecule has 1 aliphatic heterocycles. The average Bonchev–Trinajstić information content (AvgIpc) is 2.75. The zero-order chi connectivity index (χ0) is 20.5. The fourth-order valence-electron chi connectivity index (χ4n) is 3.68. The number of ether oxygens (including phenoxy) is 3. The summed E-state index contributed by atoms with van der Waals surface area (Å²) in [6.07, 6.45) is 0.558. The number of methoxy groups -OCH3 is 3. The quantitative estimate of drug-likeness (QED) is 0.643. The molecule has 0 aliphatic carbocycles. The van der Waals surface area contributed by atoms with Crippen LogP contribution in [0.4, 0.5) is 15.8 Å². The third kappa shape index (κ3) is 3.16. The number of para-hydroxylation sites is 1. The van der Waals surface area contributed by atoms with Gasteiger partial charge in [-0.15, -0.1) is 0 Å². The Labute approximate surface area is 168 Å². The molecule has 0 atom stereocenters. The van der Waals surface area contributed by atoms with Gasteiger partial charge in [0.25, 0.3) is 5.91 Å². The molecule has 0 spiro atoms. The van der Waals surface area contributed by atoms with Gasteiger partial charge >= 0.3 is 0 Å². The molecule has 148 valence electrons. The van der Waals surface area contributed by atoms with E-state index in [9.17, 15) is 9.18 Å². The number of hydrogen-bond donors (Lipinski definition) is 0. The van der Waals surface area contributed by atoms with E-state index in [1.807, 2.05) is 24.3 Å². The van der Waals surface area contributed by atoms with Gasteiger partial charge in [0.1, 0.15) is 5.82 Å². The summed E-state index contributed by atoms with van der Waals surface area (Å²) in [5, 5.41) is 0. The van der Waals surface area contributed by atoms with Gasteiger partial charge < -0.3 is 14.2 Å². The van der Waals surface area contributed by atoms with E-state index in [1.54, 1.807) is 23.1 Å². The highest BCUT2D eigenvalue weighted by Crippen LogP contribution is 2.42. The van der Waals surface area contributed by atoms with Gasteiger partial charge in [0.05, 0.1) is 32.7 Å². The van der Waals surface area contributed by atoms with Crippen molar-refractivity contribution in [3.05, 3.63) is 77.1 Å². The van der Waals surface area contributed by atoms with Crippen molar-refractivity contribution in [2.45, 2.75) is 6.42 Å². The van der Waals surface area contributed by atoms with Gasteiger partial charge in [0.15, 0.2) is 11.5 Å². The lowest BCUT2D eigenvalue weighted by atomic mass is 9.94. The Morgan fingerprint density at radius 1 is 0.862 bits per heavy atom. The zero-order valence-electron chi connectivity index (χ0n) is 16.4. The fraction of sp³-hybridized carbons (Fsp3) is 0.174. The molecule has 0 radical (unpaired) electrons. The van der Waals surface area contributed by atoms with Crippen LogP contribution in [0.1, 0.15) is 21.5 Å². The second kappa shape index (κ2) is 7.47. The van der Waals surface area contributed by atoms with Crippen molar-refractivity contribution in [3.63, 3.8) is 0 Å². The summed E-state index contributed by atoms with van der Waals surface area (Å²) in [7, 11) is 4.51. The third-order valence-electron chi connectivity index (χ3n) is 5.01. The van der Waals surface area contributed by atoms with Crippen LogP contribution < -0.4 is 19.1 Å². The number of carbonyl (C=O) groups excluding carboxylic acids is 1. The minimum Gasteiger partial charge on any atom is -0.493 e. The maximum Gasteiger partial charge on any atom is 0.263 e. The number of amides is 1.